The maximum Gasteiger partial charge on any atom is 0.317 e. The maximum atomic E-state index is 12.2. The van der Waals surface area contributed by atoms with Crippen molar-refractivity contribution >= 4 is 12.0 Å². The smallest absolute Gasteiger partial charge is 0.317 e. The van der Waals surface area contributed by atoms with E-state index in [1.807, 2.05) is 0 Å². The predicted octanol–water partition coefficient (Wildman–Crippen LogP) is 1.68. The number of amides is 2. The molecule has 2 saturated carbocycles. The molecule has 5 heteroatoms. The van der Waals surface area contributed by atoms with E-state index in [4.69, 9.17) is 5.11 Å². The number of carbonyl (C=O) groups excluding carboxylic acids is 1. The third-order valence-corrected chi connectivity index (χ3v) is 5.18. The van der Waals surface area contributed by atoms with Gasteiger partial charge in [0.25, 0.3) is 0 Å². The van der Waals surface area contributed by atoms with Crippen LogP contribution in [0.25, 0.3) is 0 Å². The summed E-state index contributed by atoms with van der Waals surface area (Å²) in [7, 11) is 0. The van der Waals surface area contributed by atoms with Crippen molar-refractivity contribution in [1.82, 2.24) is 10.2 Å². The van der Waals surface area contributed by atoms with Crippen LogP contribution >= 0.6 is 0 Å². The van der Waals surface area contributed by atoms with E-state index >= 15 is 0 Å². The van der Waals surface area contributed by atoms with E-state index in [0.29, 0.717) is 37.9 Å². The number of hydrogen-bond acceptors (Lipinski definition) is 2. The van der Waals surface area contributed by atoms with E-state index in [-0.39, 0.29) is 11.9 Å². The minimum Gasteiger partial charge on any atom is -0.481 e. The van der Waals surface area contributed by atoms with Crippen molar-refractivity contribution in [1.29, 1.82) is 0 Å². The normalized spacial score (nSPS) is 34.5. The van der Waals surface area contributed by atoms with Crippen molar-refractivity contribution in [2.24, 2.45) is 17.8 Å². The molecule has 0 radical (unpaired) electrons. The molecule has 106 valence electrons. The molecule has 3 rings (SSSR count). The fourth-order valence-corrected chi connectivity index (χ4v) is 4.00. The Bertz CT molecular complexity index is 377. The van der Waals surface area contributed by atoms with Crippen molar-refractivity contribution in [2.75, 3.05) is 13.1 Å². The average molecular weight is 266 g/mol. The van der Waals surface area contributed by atoms with Crippen LogP contribution < -0.4 is 5.32 Å². The first-order valence-electron chi connectivity index (χ1n) is 7.41. The van der Waals surface area contributed by atoms with Gasteiger partial charge < -0.3 is 15.3 Å². The number of nitrogens with one attached hydrogen (secondary N) is 1. The van der Waals surface area contributed by atoms with E-state index in [9.17, 15) is 9.59 Å². The first-order valence-corrected chi connectivity index (χ1v) is 7.41. The van der Waals surface area contributed by atoms with Crippen LogP contribution in [0.3, 0.4) is 0 Å². The fraction of sp³-hybridized carbons (Fsp3) is 0.857. The SMILES string of the molecule is O=C(O)C1CCN(C(=O)NC2CC3CCC2C3)CC1. The van der Waals surface area contributed by atoms with Crippen LogP contribution in [-0.2, 0) is 4.79 Å². The van der Waals surface area contributed by atoms with Gasteiger partial charge in [-0.1, -0.05) is 6.42 Å². The second-order valence-corrected chi connectivity index (χ2v) is 6.33. The highest BCUT2D eigenvalue weighted by molar-refractivity contribution is 5.75. The summed E-state index contributed by atoms with van der Waals surface area (Å²) in [4.78, 5) is 24.8. The molecule has 1 aliphatic heterocycles. The van der Waals surface area contributed by atoms with Crippen LogP contribution in [0, 0.1) is 17.8 Å². The summed E-state index contributed by atoms with van der Waals surface area (Å²) < 4.78 is 0. The Kier molecular flexibility index (Phi) is 3.37. The lowest BCUT2D eigenvalue weighted by molar-refractivity contribution is -0.143. The molecule has 2 bridgehead atoms. The molecular weight excluding hydrogens is 244 g/mol. The number of aliphatic carboxylic acids is 1. The molecule has 3 unspecified atom stereocenters. The van der Waals surface area contributed by atoms with E-state index in [1.165, 1.54) is 19.3 Å². The Morgan fingerprint density at radius 3 is 2.32 bits per heavy atom. The number of urea groups is 1. The highest BCUT2D eigenvalue weighted by Gasteiger charge is 2.40. The zero-order valence-electron chi connectivity index (χ0n) is 11.2. The predicted molar refractivity (Wildman–Crippen MR) is 69.7 cm³/mol. The van der Waals surface area contributed by atoms with Gasteiger partial charge in [0.15, 0.2) is 0 Å². The largest absolute Gasteiger partial charge is 0.481 e. The molecule has 2 amide bonds. The van der Waals surface area contributed by atoms with Crippen LogP contribution in [0.5, 0.6) is 0 Å². The van der Waals surface area contributed by atoms with Gasteiger partial charge >= 0.3 is 12.0 Å². The summed E-state index contributed by atoms with van der Waals surface area (Å²) in [5.41, 5.74) is 0. The summed E-state index contributed by atoms with van der Waals surface area (Å²) in [5, 5.41) is 12.1. The molecule has 1 saturated heterocycles. The topological polar surface area (TPSA) is 69.6 Å². The van der Waals surface area contributed by atoms with E-state index in [0.717, 1.165) is 12.3 Å². The number of hydrogen-bond donors (Lipinski definition) is 2. The van der Waals surface area contributed by atoms with Gasteiger partial charge in [-0.25, -0.2) is 4.79 Å². The lowest BCUT2D eigenvalue weighted by atomic mass is 9.95. The third kappa shape index (κ3) is 2.55. The van der Waals surface area contributed by atoms with Crippen molar-refractivity contribution in [3.8, 4) is 0 Å². The molecular formula is C14H22N2O3. The Labute approximate surface area is 113 Å². The highest BCUT2D eigenvalue weighted by Crippen LogP contribution is 2.44. The second-order valence-electron chi connectivity index (χ2n) is 6.33. The molecule has 19 heavy (non-hydrogen) atoms. The Morgan fingerprint density at radius 1 is 1.05 bits per heavy atom. The zero-order valence-corrected chi connectivity index (χ0v) is 11.2. The van der Waals surface area contributed by atoms with Gasteiger partial charge in [-0.15, -0.1) is 0 Å². The average Bonchev–Trinajstić information content (AvgIpc) is 3.01. The first kappa shape index (κ1) is 12.8. The van der Waals surface area contributed by atoms with Gasteiger partial charge in [0.1, 0.15) is 0 Å². The summed E-state index contributed by atoms with van der Waals surface area (Å²) in [6.45, 7) is 1.15. The molecule has 0 aromatic heterocycles. The molecule has 1 heterocycles. The van der Waals surface area contributed by atoms with Gasteiger partial charge in [0, 0.05) is 19.1 Å². The lowest BCUT2D eigenvalue weighted by Gasteiger charge is -2.32. The number of carboxylic acid groups (broad SMARTS) is 1. The quantitative estimate of drug-likeness (QED) is 0.799. The van der Waals surface area contributed by atoms with Crippen molar-refractivity contribution in [3.63, 3.8) is 0 Å². The van der Waals surface area contributed by atoms with Crippen molar-refractivity contribution in [2.45, 2.75) is 44.6 Å². The number of rotatable bonds is 2. The summed E-state index contributed by atoms with van der Waals surface area (Å²) in [6, 6.07) is 0.379. The Morgan fingerprint density at radius 2 is 1.79 bits per heavy atom. The highest BCUT2D eigenvalue weighted by atomic mass is 16.4. The van der Waals surface area contributed by atoms with E-state index in [2.05, 4.69) is 5.32 Å². The number of fused-ring (bicyclic) bond motifs is 2. The summed E-state index contributed by atoms with van der Waals surface area (Å²) in [6.07, 6.45) is 6.19. The molecule has 0 aromatic rings. The lowest BCUT2D eigenvalue weighted by Crippen LogP contribution is -2.49. The van der Waals surface area contributed by atoms with Gasteiger partial charge in [0.2, 0.25) is 0 Å². The number of carboxylic acids is 1. The minimum atomic E-state index is -0.729. The van der Waals surface area contributed by atoms with Crippen LogP contribution in [0.2, 0.25) is 0 Å². The van der Waals surface area contributed by atoms with E-state index in [1.54, 1.807) is 4.90 Å². The zero-order chi connectivity index (χ0) is 13.4. The molecule has 3 atom stereocenters. The number of carbonyl (C=O) groups is 2. The van der Waals surface area contributed by atoms with Crippen LogP contribution in [0.15, 0.2) is 0 Å². The fourth-order valence-electron chi connectivity index (χ4n) is 4.00. The van der Waals surface area contributed by atoms with Crippen molar-refractivity contribution < 1.29 is 14.7 Å². The number of piperidine rings is 1. The summed E-state index contributed by atoms with van der Waals surface area (Å²) in [5.74, 6) is 0.512. The number of nitrogens with zero attached hydrogens (tertiary/aromatic N) is 1. The second kappa shape index (κ2) is 5.02. The van der Waals surface area contributed by atoms with Gasteiger partial charge in [0.05, 0.1) is 5.92 Å². The molecule has 5 nitrogen and oxygen atoms in total. The van der Waals surface area contributed by atoms with Gasteiger partial charge in [-0.05, 0) is 43.9 Å². The molecule has 2 N–H and O–H groups in total. The molecule has 0 spiro atoms. The minimum absolute atomic E-state index is 0.0152. The van der Waals surface area contributed by atoms with Gasteiger partial charge in [-0.3, -0.25) is 4.79 Å². The van der Waals surface area contributed by atoms with Gasteiger partial charge in [-0.2, -0.15) is 0 Å². The molecule has 3 fully saturated rings. The molecule has 2 aliphatic carbocycles. The third-order valence-electron chi connectivity index (χ3n) is 5.18. The van der Waals surface area contributed by atoms with E-state index < -0.39 is 5.97 Å². The number of likely N-dealkylation sites (tertiary alicyclic amines) is 1. The maximum absolute atomic E-state index is 12.2. The first-order chi connectivity index (χ1) is 9.13. The van der Waals surface area contributed by atoms with Crippen LogP contribution in [0.4, 0.5) is 4.79 Å². The monoisotopic (exact) mass is 266 g/mol. The Balaban J connectivity index is 1.48. The Hall–Kier alpha value is -1.26. The van der Waals surface area contributed by atoms with Crippen LogP contribution in [-0.4, -0.2) is 41.1 Å². The van der Waals surface area contributed by atoms with Crippen LogP contribution in [0.1, 0.15) is 38.5 Å². The molecule has 0 aromatic carbocycles. The standard InChI is InChI=1S/C14H22N2O3/c17-13(18)10-3-5-16(6-4-10)14(19)15-12-8-9-1-2-11(12)7-9/h9-12H,1-8H2,(H,15,19)(H,17,18). The molecule has 3 aliphatic rings. The van der Waals surface area contributed by atoms with Crippen molar-refractivity contribution in [3.05, 3.63) is 0 Å². The summed E-state index contributed by atoms with van der Waals surface area (Å²) >= 11 is 0.